The molecule has 0 heterocycles. The lowest BCUT2D eigenvalue weighted by Crippen LogP contribution is -2.14. The lowest BCUT2D eigenvalue weighted by molar-refractivity contribution is 0.414. The second-order valence-corrected chi connectivity index (χ2v) is 5.58. The topological polar surface area (TPSA) is 35.2 Å². The van der Waals surface area contributed by atoms with Crippen LogP contribution in [0, 0.1) is 13.8 Å². The normalized spacial score (nSPS) is 12.3. The molecule has 1 atom stereocenters. The van der Waals surface area contributed by atoms with Crippen LogP contribution in [-0.2, 0) is 0 Å². The molecular formula is C16H18BrNO. The third-order valence-electron chi connectivity index (χ3n) is 3.30. The van der Waals surface area contributed by atoms with Crippen molar-refractivity contribution in [2.75, 3.05) is 7.11 Å². The van der Waals surface area contributed by atoms with Crippen molar-refractivity contribution in [1.29, 1.82) is 0 Å². The average molecular weight is 320 g/mol. The van der Waals surface area contributed by atoms with Crippen LogP contribution in [0.3, 0.4) is 0 Å². The number of hydrogen-bond acceptors (Lipinski definition) is 2. The molecule has 2 N–H and O–H groups in total. The second kappa shape index (κ2) is 5.76. The molecule has 2 aromatic rings. The van der Waals surface area contributed by atoms with Crippen molar-refractivity contribution in [2.24, 2.45) is 5.73 Å². The van der Waals surface area contributed by atoms with Gasteiger partial charge in [0, 0.05) is 4.47 Å². The van der Waals surface area contributed by atoms with Crippen molar-refractivity contribution in [3.05, 3.63) is 63.1 Å². The Bertz CT molecular complexity index is 595. The summed E-state index contributed by atoms with van der Waals surface area (Å²) in [6, 6.07) is 12.1. The minimum atomic E-state index is -0.138. The Kier molecular flexibility index (Phi) is 4.27. The van der Waals surface area contributed by atoms with Crippen molar-refractivity contribution >= 4 is 15.9 Å². The second-order valence-electron chi connectivity index (χ2n) is 4.73. The van der Waals surface area contributed by atoms with Gasteiger partial charge in [-0.1, -0.05) is 34.1 Å². The number of rotatable bonds is 3. The molecule has 0 aliphatic carbocycles. The molecule has 0 bridgehead atoms. The van der Waals surface area contributed by atoms with Crippen molar-refractivity contribution in [3.63, 3.8) is 0 Å². The number of nitrogens with two attached hydrogens (primary N) is 1. The molecular weight excluding hydrogens is 302 g/mol. The Hall–Kier alpha value is -1.32. The first kappa shape index (κ1) is 14.1. The Morgan fingerprint density at radius 2 is 1.74 bits per heavy atom. The molecule has 0 aliphatic heterocycles. The average Bonchev–Trinajstić information content (AvgIpc) is 2.37. The summed E-state index contributed by atoms with van der Waals surface area (Å²) in [6.07, 6.45) is 0. The first-order valence-corrected chi connectivity index (χ1v) is 6.98. The van der Waals surface area contributed by atoms with Gasteiger partial charge in [-0.15, -0.1) is 0 Å². The van der Waals surface area contributed by atoms with Crippen LogP contribution in [0.1, 0.15) is 28.3 Å². The highest BCUT2D eigenvalue weighted by Gasteiger charge is 2.14. The van der Waals surface area contributed by atoms with E-state index in [-0.39, 0.29) is 6.04 Å². The molecule has 19 heavy (non-hydrogen) atoms. The Morgan fingerprint density at radius 3 is 2.32 bits per heavy atom. The Morgan fingerprint density at radius 1 is 1.05 bits per heavy atom. The molecule has 100 valence electrons. The lowest BCUT2D eigenvalue weighted by Gasteiger charge is -2.18. The van der Waals surface area contributed by atoms with Crippen LogP contribution < -0.4 is 10.5 Å². The van der Waals surface area contributed by atoms with E-state index in [0.717, 1.165) is 26.9 Å². The number of halogens is 1. The highest BCUT2D eigenvalue weighted by molar-refractivity contribution is 9.10. The van der Waals surface area contributed by atoms with Gasteiger partial charge in [0.15, 0.2) is 0 Å². The number of benzene rings is 2. The van der Waals surface area contributed by atoms with Gasteiger partial charge in [0.25, 0.3) is 0 Å². The summed E-state index contributed by atoms with van der Waals surface area (Å²) in [5.74, 6) is 0.858. The van der Waals surface area contributed by atoms with Crippen molar-refractivity contribution in [3.8, 4) is 5.75 Å². The molecule has 2 aromatic carbocycles. The zero-order valence-electron chi connectivity index (χ0n) is 11.4. The minimum Gasteiger partial charge on any atom is -0.497 e. The van der Waals surface area contributed by atoms with Gasteiger partial charge in [-0.05, 0) is 54.3 Å². The third kappa shape index (κ3) is 2.99. The zero-order valence-corrected chi connectivity index (χ0v) is 13.0. The number of ether oxygens (including phenoxy) is 1. The standard InChI is InChI=1S/C16H18BrNO/c1-10-4-6-14(15(17)8-10)16(18)13-7-5-12(19-3)9-11(13)2/h4-9,16H,18H2,1-3H3. The first-order valence-electron chi connectivity index (χ1n) is 6.19. The van der Waals surface area contributed by atoms with E-state index in [1.807, 2.05) is 18.2 Å². The summed E-state index contributed by atoms with van der Waals surface area (Å²) >= 11 is 3.59. The highest BCUT2D eigenvalue weighted by atomic mass is 79.9. The molecule has 2 nitrogen and oxygen atoms in total. The Balaban J connectivity index is 2.41. The van der Waals surface area contributed by atoms with E-state index in [4.69, 9.17) is 10.5 Å². The van der Waals surface area contributed by atoms with Crippen molar-refractivity contribution in [2.45, 2.75) is 19.9 Å². The van der Waals surface area contributed by atoms with Gasteiger partial charge in [0.05, 0.1) is 13.2 Å². The predicted molar refractivity (Wildman–Crippen MR) is 82.6 cm³/mol. The molecule has 0 fully saturated rings. The smallest absolute Gasteiger partial charge is 0.119 e. The van der Waals surface area contributed by atoms with Crippen LogP contribution in [-0.4, -0.2) is 7.11 Å². The largest absolute Gasteiger partial charge is 0.497 e. The summed E-state index contributed by atoms with van der Waals surface area (Å²) in [5, 5.41) is 0. The molecule has 0 radical (unpaired) electrons. The van der Waals surface area contributed by atoms with E-state index in [1.165, 1.54) is 5.56 Å². The summed E-state index contributed by atoms with van der Waals surface area (Å²) in [5.41, 5.74) is 11.0. The van der Waals surface area contributed by atoms with Crippen LogP contribution >= 0.6 is 15.9 Å². The quantitative estimate of drug-likeness (QED) is 0.923. The summed E-state index contributed by atoms with van der Waals surface area (Å²) in [6.45, 7) is 4.12. The third-order valence-corrected chi connectivity index (χ3v) is 3.99. The minimum absolute atomic E-state index is 0.138. The molecule has 0 amide bonds. The number of aryl methyl sites for hydroxylation is 2. The van der Waals surface area contributed by atoms with Gasteiger partial charge in [0.2, 0.25) is 0 Å². The fourth-order valence-electron chi connectivity index (χ4n) is 2.18. The monoisotopic (exact) mass is 319 g/mol. The van der Waals surface area contributed by atoms with Gasteiger partial charge in [0.1, 0.15) is 5.75 Å². The summed E-state index contributed by atoms with van der Waals surface area (Å²) in [7, 11) is 1.67. The zero-order chi connectivity index (χ0) is 14.0. The summed E-state index contributed by atoms with van der Waals surface area (Å²) < 4.78 is 6.28. The van der Waals surface area contributed by atoms with Gasteiger partial charge >= 0.3 is 0 Å². The maximum absolute atomic E-state index is 6.39. The van der Waals surface area contributed by atoms with Crippen LogP contribution in [0.15, 0.2) is 40.9 Å². The number of methoxy groups -OCH3 is 1. The van der Waals surface area contributed by atoms with Gasteiger partial charge in [-0.3, -0.25) is 0 Å². The fraction of sp³-hybridized carbons (Fsp3) is 0.250. The van der Waals surface area contributed by atoms with Crippen LogP contribution in [0.5, 0.6) is 5.75 Å². The van der Waals surface area contributed by atoms with E-state index in [9.17, 15) is 0 Å². The van der Waals surface area contributed by atoms with E-state index in [0.29, 0.717) is 0 Å². The lowest BCUT2D eigenvalue weighted by atomic mass is 9.95. The van der Waals surface area contributed by atoms with Crippen LogP contribution in [0.2, 0.25) is 0 Å². The van der Waals surface area contributed by atoms with E-state index in [1.54, 1.807) is 7.11 Å². The SMILES string of the molecule is COc1ccc(C(N)c2ccc(C)cc2Br)c(C)c1. The molecule has 3 heteroatoms. The van der Waals surface area contributed by atoms with Crippen LogP contribution in [0.25, 0.3) is 0 Å². The van der Waals surface area contributed by atoms with Gasteiger partial charge < -0.3 is 10.5 Å². The maximum atomic E-state index is 6.39. The molecule has 2 rings (SSSR count). The predicted octanol–water partition coefficient (Wildman–Crippen LogP) is 4.12. The maximum Gasteiger partial charge on any atom is 0.119 e. The highest BCUT2D eigenvalue weighted by Crippen LogP contribution is 2.30. The number of hydrogen-bond donors (Lipinski definition) is 1. The van der Waals surface area contributed by atoms with Crippen molar-refractivity contribution in [1.82, 2.24) is 0 Å². The summed E-state index contributed by atoms with van der Waals surface area (Å²) in [4.78, 5) is 0. The van der Waals surface area contributed by atoms with E-state index >= 15 is 0 Å². The van der Waals surface area contributed by atoms with Crippen LogP contribution in [0.4, 0.5) is 0 Å². The Labute approximate surface area is 122 Å². The molecule has 0 saturated carbocycles. The molecule has 0 spiro atoms. The molecule has 0 saturated heterocycles. The van der Waals surface area contributed by atoms with Gasteiger partial charge in [-0.25, -0.2) is 0 Å². The molecule has 0 aliphatic rings. The molecule has 1 unspecified atom stereocenters. The van der Waals surface area contributed by atoms with Gasteiger partial charge in [-0.2, -0.15) is 0 Å². The first-order chi connectivity index (χ1) is 9.02. The fourth-order valence-corrected chi connectivity index (χ4v) is 2.92. The van der Waals surface area contributed by atoms with E-state index < -0.39 is 0 Å². The molecule has 0 aromatic heterocycles. The van der Waals surface area contributed by atoms with E-state index in [2.05, 4.69) is 48.0 Å². The van der Waals surface area contributed by atoms with Crippen molar-refractivity contribution < 1.29 is 4.74 Å².